The van der Waals surface area contributed by atoms with Crippen LogP contribution in [0.25, 0.3) is 0 Å². The molecular weight excluding hydrogens is 449 g/mol. The van der Waals surface area contributed by atoms with E-state index in [9.17, 15) is 22.8 Å². The molecule has 3 heterocycles. The molecule has 3 fully saturated rings. The highest BCUT2D eigenvalue weighted by atomic mass is 19.4. The molecule has 1 spiro atoms. The van der Waals surface area contributed by atoms with Crippen molar-refractivity contribution in [3.63, 3.8) is 0 Å². The lowest BCUT2D eigenvalue weighted by molar-refractivity contribution is -0.200. The molecule has 1 aromatic rings. The molecule has 3 saturated heterocycles. The van der Waals surface area contributed by atoms with Gasteiger partial charge in [0, 0.05) is 76.9 Å². The first-order valence-electron chi connectivity index (χ1n) is 11.9. The zero-order chi connectivity index (χ0) is 24.5. The maximum absolute atomic E-state index is 12.7. The minimum atomic E-state index is -4.56. The van der Waals surface area contributed by atoms with Gasteiger partial charge in [-0.1, -0.05) is 18.2 Å². The topological polar surface area (TPSA) is 56.3 Å². The van der Waals surface area contributed by atoms with Gasteiger partial charge in [-0.25, -0.2) is 4.79 Å². The maximum Gasteiger partial charge on any atom is 0.425 e. The molecule has 2 amide bonds. The number of para-hydroxylation sites is 1. The lowest BCUT2D eigenvalue weighted by Crippen LogP contribution is -2.49. The van der Waals surface area contributed by atoms with Crippen molar-refractivity contribution in [2.75, 3.05) is 57.3 Å². The van der Waals surface area contributed by atoms with Gasteiger partial charge in [0.2, 0.25) is 5.91 Å². The van der Waals surface area contributed by atoms with Crippen LogP contribution in [0.4, 0.5) is 23.7 Å². The monoisotopic (exact) mass is 482 g/mol. The number of alkyl halides is 3. The SMILES string of the molecule is CC(=O)N1CCC2(CCN(c3ccccc3CN3CCN(C(=O)OC(C)C(F)(F)F)CC3)C2)C1. The van der Waals surface area contributed by atoms with Crippen LogP contribution in [0.15, 0.2) is 24.3 Å². The normalized spacial score (nSPS) is 24.7. The Morgan fingerprint density at radius 1 is 1.00 bits per heavy atom. The Kier molecular flexibility index (Phi) is 6.98. The van der Waals surface area contributed by atoms with Crippen LogP contribution in [-0.4, -0.2) is 91.3 Å². The summed E-state index contributed by atoms with van der Waals surface area (Å²) in [6.07, 6.45) is -5.48. The van der Waals surface area contributed by atoms with E-state index in [2.05, 4.69) is 26.7 Å². The van der Waals surface area contributed by atoms with E-state index in [4.69, 9.17) is 0 Å². The van der Waals surface area contributed by atoms with Crippen LogP contribution < -0.4 is 4.90 Å². The van der Waals surface area contributed by atoms with Gasteiger partial charge in [-0.3, -0.25) is 9.69 Å². The molecule has 0 bridgehead atoms. The van der Waals surface area contributed by atoms with Gasteiger partial charge in [-0.05, 0) is 31.4 Å². The van der Waals surface area contributed by atoms with Gasteiger partial charge in [0.25, 0.3) is 0 Å². The molecule has 0 saturated carbocycles. The van der Waals surface area contributed by atoms with E-state index in [-0.39, 0.29) is 11.3 Å². The first-order chi connectivity index (χ1) is 16.1. The Balaban J connectivity index is 1.33. The number of carbonyl (C=O) groups is 2. The predicted octanol–water partition coefficient (Wildman–Crippen LogP) is 3.34. The number of nitrogens with zero attached hydrogens (tertiary/aromatic N) is 4. The van der Waals surface area contributed by atoms with Crippen molar-refractivity contribution in [3.8, 4) is 0 Å². The number of benzene rings is 1. The molecule has 3 aliphatic heterocycles. The minimum absolute atomic E-state index is 0.145. The van der Waals surface area contributed by atoms with Crippen LogP contribution in [0, 0.1) is 5.41 Å². The van der Waals surface area contributed by atoms with Crippen molar-refractivity contribution in [3.05, 3.63) is 29.8 Å². The van der Waals surface area contributed by atoms with Crippen molar-refractivity contribution < 1.29 is 27.5 Å². The van der Waals surface area contributed by atoms with Gasteiger partial charge >= 0.3 is 12.3 Å². The Hall–Kier alpha value is -2.49. The van der Waals surface area contributed by atoms with Gasteiger partial charge in [0.15, 0.2) is 6.10 Å². The number of hydrogen-bond acceptors (Lipinski definition) is 5. The second-order valence-corrected chi connectivity index (χ2v) is 9.82. The molecule has 0 radical (unpaired) electrons. The van der Waals surface area contributed by atoms with Crippen molar-refractivity contribution >= 4 is 17.7 Å². The third kappa shape index (κ3) is 5.42. The lowest BCUT2D eigenvalue weighted by Gasteiger charge is -2.35. The van der Waals surface area contributed by atoms with Crippen molar-refractivity contribution in [2.45, 2.75) is 45.5 Å². The average Bonchev–Trinajstić information content (AvgIpc) is 3.41. The standard InChI is InChI=1S/C24H33F3N4O3/c1-18(24(25,26)27)34-22(33)29-13-11-28(12-14-29)15-20-5-3-4-6-21(20)31-10-8-23(17-31)7-9-30(16-23)19(2)32/h3-6,18H,7-17H2,1-2H3. The maximum atomic E-state index is 12.7. The lowest BCUT2D eigenvalue weighted by atomic mass is 9.86. The fourth-order valence-corrected chi connectivity index (χ4v) is 5.25. The predicted molar refractivity (Wildman–Crippen MR) is 121 cm³/mol. The number of halogens is 3. The van der Waals surface area contributed by atoms with E-state index >= 15 is 0 Å². The molecule has 188 valence electrons. The molecule has 3 aliphatic rings. The number of amides is 2. The van der Waals surface area contributed by atoms with Crippen LogP contribution >= 0.6 is 0 Å². The van der Waals surface area contributed by atoms with E-state index < -0.39 is 18.4 Å². The fourth-order valence-electron chi connectivity index (χ4n) is 5.25. The molecule has 2 unspecified atom stereocenters. The highest BCUT2D eigenvalue weighted by molar-refractivity contribution is 5.73. The Bertz CT molecular complexity index is 904. The van der Waals surface area contributed by atoms with Crippen LogP contribution in [0.1, 0.15) is 32.3 Å². The summed E-state index contributed by atoms with van der Waals surface area (Å²) < 4.78 is 42.6. The van der Waals surface area contributed by atoms with Crippen molar-refractivity contribution in [1.29, 1.82) is 0 Å². The number of hydrogen-bond donors (Lipinski definition) is 0. The third-order valence-electron chi connectivity index (χ3n) is 7.42. The van der Waals surface area contributed by atoms with Gasteiger partial charge in [-0.15, -0.1) is 0 Å². The summed E-state index contributed by atoms with van der Waals surface area (Å²) in [5, 5.41) is 0. The summed E-state index contributed by atoms with van der Waals surface area (Å²) in [6.45, 7) is 8.55. The van der Waals surface area contributed by atoms with Crippen LogP contribution in [0.3, 0.4) is 0 Å². The molecule has 4 rings (SSSR count). The Labute approximate surface area is 198 Å². The molecule has 7 nitrogen and oxygen atoms in total. The summed E-state index contributed by atoms with van der Waals surface area (Å²) in [6, 6.07) is 8.31. The number of likely N-dealkylation sites (tertiary alicyclic amines) is 1. The van der Waals surface area contributed by atoms with Gasteiger partial charge in [0.1, 0.15) is 0 Å². The summed E-state index contributed by atoms with van der Waals surface area (Å²) in [5.41, 5.74) is 2.56. The van der Waals surface area contributed by atoms with E-state index in [1.54, 1.807) is 6.92 Å². The highest BCUT2D eigenvalue weighted by Gasteiger charge is 2.44. The second-order valence-electron chi connectivity index (χ2n) is 9.82. The van der Waals surface area contributed by atoms with E-state index in [0.717, 1.165) is 45.9 Å². The molecule has 0 N–H and O–H groups in total. The Morgan fingerprint density at radius 3 is 2.32 bits per heavy atom. The smallest absolute Gasteiger partial charge is 0.425 e. The second kappa shape index (κ2) is 9.64. The zero-order valence-corrected chi connectivity index (χ0v) is 19.8. The quantitative estimate of drug-likeness (QED) is 0.659. The van der Waals surface area contributed by atoms with Crippen LogP contribution in [0.2, 0.25) is 0 Å². The summed E-state index contributed by atoms with van der Waals surface area (Å²) in [5.74, 6) is 0.145. The number of piperazine rings is 1. The minimum Gasteiger partial charge on any atom is -0.437 e. The largest absolute Gasteiger partial charge is 0.437 e. The van der Waals surface area contributed by atoms with Crippen LogP contribution in [-0.2, 0) is 16.1 Å². The van der Waals surface area contributed by atoms with Crippen molar-refractivity contribution in [2.24, 2.45) is 5.41 Å². The van der Waals surface area contributed by atoms with E-state index in [1.165, 1.54) is 16.2 Å². The molecular formula is C24H33F3N4O3. The zero-order valence-electron chi connectivity index (χ0n) is 19.8. The molecule has 0 aromatic heterocycles. The fraction of sp³-hybridized carbons (Fsp3) is 0.667. The van der Waals surface area contributed by atoms with Gasteiger partial charge in [-0.2, -0.15) is 13.2 Å². The molecule has 2 atom stereocenters. The molecule has 10 heteroatoms. The number of ether oxygens (including phenoxy) is 1. The first-order valence-corrected chi connectivity index (χ1v) is 11.9. The van der Waals surface area contributed by atoms with E-state index in [1.807, 2.05) is 17.0 Å². The van der Waals surface area contributed by atoms with Crippen molar-refractivity contribution in [1.82, 2.24) is 14.7 Å². The molecule has 0 aliphatic carbocycles. The summed E-state index contributed by atoms with van der Waals surface area (Å²) in [7, 11) is 0. The Morgan fingerprint density at radius 2 is 1.68 bits per heavy atom. The first kappa shape index (κ1) is 24.6. The third-order valence-corrected chi connectivity index (χ3v) is 7.42. The summed E-state index contributed by atoms with van der Waals surface area (Å²) in [4.78, 5) is 31.8. The summed E-state index contributed by atoms with van der Waals surface area (Å²) >= 11 is 0. The number of carbonyl (C=O) groups excluding carboxylic acids is 2. The number of rotatable bonds is 4. The number of anilines is 1. The highest BCUT2D eigenvalue weighted by Crippen LogP contribution is 2.42. The van der Waals surface area contributed by atoms with Gasteiger partial charge in [0.05, 0.1) is 0 Å². The molecule has 34 heavy (non-hydrogen) atoms. The molecule has 1 aromatic carbocycles. The average molecular weight is 483 g/mol. The van der Waals surface area contributed by atoms with E-state index in [0.29, 0.717) is 32.7 Å². The van der Waals surface area contributed by atoms with Gasteiger partial charge < -0.3 is 19.4 Å². The van der Waals surface area contributed by atoms with Crippen LogP contribution in [0.5, 0.6) is 0 Å².